The molecule has 1 aliphatic rings. The fourth-order valence-electron chi connectivity index (χ4n) is 2.54. The molecule has 1 heterocycles. The van der Waals surface area contributed by atoms with Crippen molar-refractivity contribution in [3.05, 3.63) is 29.6 Å². The van der Waals surface area contributed by atoms with Gasteiger partial charge in [-0.05, 0) is 51.6 Å². The Balaban J connectivity index is 2.33. The molecule has 1 N–H and O–H groups in total. The van der Waals surface area contributed by atoms with Crippen molar-refractivity contribution in [1.82, 2.24) is 5.32 Å². The van der Waals surface area contributed by atoms with Crippen LogP contribution in [0.25, 0.3) is 0 Å². The molecule has 1 aliphatic heterocycles. The van der Waals surface area contributed by atoms with E-state index in [9.17, 15) is 4.39 Å². The number of benzene rings is 1. The van der Waals surface area contributed by atoms with Crippen LogP contribution in [0.5, 0.6) is 0 Å². The molecule has 1 fully saturated rings. The third-order valence-corrected chi connectivity index (χ3v) is 3.66. The third-order valence-electron chi connectivity index (χ3n) is 3.66. The quantitative estimate of drug-likeness (QED) is 0.910. The zero-order chi connectivity index (χ0) is 14.0. The molecule has 1 aromatic carbocycles. The van der Waals surface area contributed by atoms with Crippen LogP contribution in [-0.4, -0.2) is 32.3 Å². The van der Waals surface area contributed by atoms with Gasteiger partial charge in [0.1, 0.15) is 5.82 Å². The van der Waals surface area contributed by atoms with E-state index in [1.807, 2.05) is 20.0 Å². The fraction of sp³-hybridized carbons (Fsp3) is 0.600. The summed E-state index contributed by atoms with van der Waals surface area (Å²) in [7, 11) is 1.89. The van der Waals surface area contributed by atoms with Crippen LogP contribution in [-0.2, 0) is 4.74 Å². The number of rotatable bonds is 3. The van der Waals surface area contributed by atoms with Crippen molar-refractivity contribution in [2.75, 3.05) is 31.6 Å². The van der Waals surface area contributed by atoms with Gasteiger partial charge in [-0.3, -0.25) is 0 Å². The van der Waals surface area contributed by atoms with E-state index in [1.54, 1.807) is 6.07 Å². The molecule has 0 aliphatic carbocycles. The number of ether oxygens (including phenoxy) is 1. The molecule has 1 unspecified atom stereocenters. The molecule has 0 spiro atoms. The van der Waals surface area contributed by atoms with Crippen LogP contribution in [0.15, 0.2) is 18.2 Å². The van der Waals surface area contributed by atoms with Gasteiger partial charge in [0.05, 0.1) is 12.2 Å². The summed E-state index contributed by atoms with van der Waals surface area (Å²) in [5.74, 6) is -0.187. The zero-order valence-electron chi connectivity index (χ0n) is 12.2. The Morgan fingerprint density at radius 1 is 1.42 bits per heavy atom. The monoisotopic (exact) mass is 266 g/mol. The van der Waals surface area contributed by atoms with Crippen LogP contribution in [0.2, 0.25) is 0 Å². The number of morpholine rings is 1. The summed E-state index contributed by atoms with van der Waals surface area (Å²) in [5, 5.41) is 3.18. The summed E-state index contributed by atoms with van der Waals surface area (Å²) >= 11 is 0. The number of hydrogen-bond acceptors (Lipinski definition) is 3. The summed E-state index contributed by atoms with van der Waals surface area (Å²) in [6.45, 7) is 8.59. The topological polar surface area (TPSA) is 24.5 Å². The zero-order valence-corrected chi connectivity index (χ0v) is 12.2. The molecule has 106 valence electrons. The van der Waals surface area contributed by atoms with E-state index in [1.165, 1.54) is 6.07 Å². The lowest BCUT2D eigenvalue weighted by atomic mass is 10.0. The van der Waals surface area contributed by atoms with Crippen molar-refractivity contribution in [3.63, 3.8) is 0 Å². The second-order valence-corrected chi connectivity index (χ2v) is 5.74. The van der Waals surface area contributed by atoms with Crippen LogP contribution in [0.1, 0.15) is 32.4 Å². The van der Waals surface area contributed by atoms with E-state index in [-0.39, 0.29) is 17.5 Å². The molecule has 1 aromatic rings. The Morgan fingerprint density at radius 2 is 2.16 bits per heavy atom. The van der Waals surface area contributed by atoms with Gasteiger partial charge >= 0.3 is 0 Å². The summed E-state index contributed by atoms with van der Waals surface area (Å²) in [5.41, 5.74) is 1.94. The number of anilines is 1. The second-order valence-electron chi connectivity index (χ2n) is 5.74. The van der Waals surface area contributed by atoms with Gasteiger partial charge in [0.25, 0.3) is 0 Å². The molecule has 0 saturated carbocycles. The van der Waals surface area contributed by atoms with Gasteiger partial charge in [-0.2, -0.15) is 0 Å². The predicted octanol–water partition coefficient (Wildman–Crippen LogP) is 2.72. The van der Waals surface area contributed by atoms with Crippen molar-refractivity contribution in [2.24, 2.45) is 0 Å². The summed E-state index contributed by atoms with van der Waals surface area (Å²) < 4.78 is 19.2. The minimum Gasteiger partial charge on any atom is -0.372 e. The summed E-state index contributed by atoms with van der Waals surface area (Å²) in [6, 6.07) is 5.15. The standard InChI is InChI=1S/C15H23FN2O/c1-11(17-4)13-9-12(16)5-6-14(13)18-7-8-19-15(2,3)10-18/h5-6,9,11,17H,7-8,10H2,1-4H3. The van der Waals surface area contributed by atoms with Crippen molar-refractivity contribution in [2.45, 2.75) is 32.4 Å². The van der Waals surface area contributed by atoms with E-state index < -0.39 is 0 Å². The van der Waals surface area contributed by atoms with Gasteiger partial charge in [-0.15, -0.1) is 0 Å². The Labute approximate surface area is 114 Å². The summed E-state index contributed by atoms with van der Waals surface area (Å²) in [6.07, 6.45) is 0. The molecule has 4 heteroatoms. The van der Waals surface area contributed by atoms with Crippen molar-refractivity contribution < 1.29 is 9.13 Å². The SMILES string of the molecule is CNC(C)c1cc(F)ccc1N1CCOC(C)(C)C1. The Morgan fingerprint density at radius 3 is 2.79 bits per heavy atom. The first-order chi connectivity index (χ1) is 8.93. The van der Waals surface area contributed by atoms with Crippen LogP contribution < -0.4 is 10.2 Å². The molecule has 1 atom stereocenters. The lowest BCUT2D eigenvalue weighted by Gasteiger charge is -2.40. The van der Waals surface area contributed by atoms with Crippen LogP contribution in [0.4, 0.5) is 10.1 Å². The highest BCUT2D eigenvalue weighted by Crippen LogP contribution is 2.30. The average molecular weight is 266 g/mol. The molecule has 19 heavy (non-hydrogen) atoms. The first-order valence-electron chi connectivity index (χ1n) is 6.78. The molecule has 0 bridgehead atoms. The molecule has 0 radical (unpaired) electrons. The first-order valence-corrected chi connectivity index (χ1v) is 6.78. The number of hydrogen-bond donors (Lipinski definition) is 1. The van der Waals surface area contributed by atoms with Gasteiger partial charge in [0.15, 0.2) is 0 Å². The van der Waals surface area contributed by atoms with E-state index in [0.29, 0.717) is 6.61 Å². The van der Waals surface area contributed by atoms with Gasteiger partial charge in [-0.1, -0.05) is 0 Å². The number of nitrogens with zero attached hydrogens (tertiary/aromatic N) is 1. The highest BCUT2D eigenvalue weighted by molar-refractivity contribution is 5.55. The van der Waals surface area contributed by atoms with Crippen molar-refractivity contribution in [1.29, 1.82) is 0 Å². The lowest BCUT2D eigenvalue weighted by molar-refractivity contribution is -0.0277. The Bertz CT molecular complexity index is 448. The van der Waals surface area contributed by atoms with E-state index >= 15 is 0 Å². The van der Waals surface area contributed by atoms with Gasteiger partial charge in [-0.25, -0.2) is 4.39 Å². The molecular formula is C15H23FN2O. The first kappa shape index (κ1) is 14.3. The van der Waals surface area contributed by atoms with Crippen molar-refractivity contribution in [3.8, 4) is 0 Å². The highest BCUT2D eigenvalue weighted by Gasteiger charge is 2.28. The maximum atomic E-state index is 13.5. The molecular weight excluding hydrogens is 243 g/mol. The van der Waals surface area contributed by atoms with E-state index in [2.05, 4.69) is 24.1 Å². The molecule has 0 aromatic heterocycles. The van der Waals surface area contributed by atoms with Gasteiger partial charge < -0.3 is 15.0 Å². The number of nitrogens with one attached hydrogen (secondary N) is 1. The lowest BCUT2D eigenvalue weighted by Crippen LogP contribution is -2.48. The van der Waals surface area contributed by atoms with E-state index in [4.69, 9.17) is 4.74 Å². The van der Waals surface area contributed by atoms with Crippen LogP contribution in [0.3, 0.4) is 0 Å². The highest BCUT2D eigenvalue weighted by atomic mass is 19.1. The van der Waals surface area contributed by atoms with Crippen molar-refractivity contribution >= 4 is 5.69 Å². The fourth-order valence-corrected chi connectivity index (χ4v) is 2.54. The summed E-state index contributed by atoms with van der Waals surface area (Å²) in [4.78, 5) is 2.28. The van der Waals surface area contributed by atoms with Gasteiger partial charge in [0, 0.05) is 24.8 Å². The second kappa shape index (κ2) is 5.47. The normalized spacial score (nSPS) is 20.4. The largest absolute Gasteiger partial charge is 0.372 e. The Hall–Kier alpha value is -1.13. The van der Waals surface area contributed by atoms with E-state index in [0.717, 1.165) is 24.3 Å². The molecule has 0 amide bonds. The minimum atomic E-state index is -0.187. The smallest absolute Gasteiger partial charge is 0.123 e. The maximum absolute atomic E-state index is 13.5. The molecule has 3 nitrogen and oxygen atoms in total. The maximum Gasteiger partial charge on any atom is 0.123 e. The average Bonchev–Trinajstić information content (AvgIpc) is 2.36. The van der Waals surface area contributed by atoms with Crippen LogP contribution in [0, 0.1) is 5.82 Å². The predicted molar refractivity (Wildman–Crippen MR) is 76.1 cm³/mol. The number of halogens is 1. The van der Waals surface area contributed by atoms with Crippen LogP contribution >= 0.6 is 0 Å². The molecule has 1 saturated heterocycles. The third kappa shape index (κ3) is 3.25. The Kier molecular flexibility index (Phi) is 4.11. The molecule has 2 rings (SSSR count). The van der Waals surface area contributed by atoms with Gasteiger partial charge in [0.2, 0.25) is 0 Å². The minimum absolute atomic E-state index is 0.122.